The summed E-state index contributed by atoms with van der Waals surface area (Å²) in [4.78, 5) is 10.1. The van der Waals surface area contributed by atoms with Crippen molar-refractivity contribution in [1.29, 1.82) is 0 Å². The van der Waals surface area contributed by atoms with Crippen molar-refractivity contribution >= 4 is 11.5 Å². The number of halogens is 2. The zero-order valence-electron chi connectivity index (χ0n) is 16.3. The van der Waals surface area contributed by atoms with Gasteiger partial charge in [0.1, 0.15) is 6.33 Å². The minimum absolute atomic E-state index is 0.234. The smallest absolute Gasteiger partial charge is 0.265 e. The summed E-state index contributed by atoms with van der Waals surface area (Å²) >= 11 is 0. The van der Waals surface area contributed by atoms with Crippen molar-refractivity contribution in [3.8, 4) is 0 Å². The normalized spacial score (nSPS) is 19.2. The first-order chi connectivity index (χ1) is 13.2. The van der Waals surface area contributed by atoms with Gasteiger partial charge in [0.05, 0.1) is 12.2 Å². The number of likely N-dealkylation sites (tertiary alicyclic amines) is 1. The fraction of sp³-hybridized carbons (Fsp3) is 0.381. The summed E-state index contributed by atoms with van der Waals surface area (Å²) in [6, 6.07) is 7.82. The molecule has 3 aromatic rings. The molecular weight excluding hydrogens is 360 g/mol. The van der Waals surface area contributed by atoms with Crippen LogP contribution < -0.4 is 0 Å². The number of nitrogens with zero attached hydrogens (tertiary/aromatic N) is 5. The lowest BCUT2D eigenvalue weighted by molar-refractivity contribution is -0.0575. The van der Waals surface area contributed by atoms with E-state index < -0.39 is 11.8 Å². The Kier molecular flexibility index (Phi) is 4.40. The van der Waals surface area contributed by atoms with Gasteiger partial charge in [-0.25, -0.2) is 18.3 Å². The molecule has 1 aliphatic rings. The highest BCUT2D eigenvalue weighted by molar-refractivity contribution is 5.65. The number of benzene rings is 1. The van der Waals surface area contributed by atoms with Gasteiger partial charge in [0, 0.05) is 35.8 Å². The topological polar surface area (TPSA) is 46.3 Å². The molecular formula is C21H23F2N5. The van der Waals surface area contributed by atoms with E-state index in [0.717, 1.165) is 22.4 Å². The fourth-order valence-corrected chi connectivity index (χ4v) is 4.06. The van der Waals surface area contributed by atoms with Gasteiger partial charge in [0.2, 0.25) is 0 Å². The Hall–Kier alpha value is -2.83. The largest absolute Gasteiger partial charge is 0.365 e. The molecule has 0 amide bonds. The van der Waals surface area contributed by atoms with Crippen LogP contribution in [0.25, 0.3) is 11.5 Å². The summed E-state index contributed by atoms with van der Waals surface area (Å²) in [5.74, 6) is -2.80. The summed E-state index contributed by atoms with van der Waals surface area (Å²) < 4.78 is 31.0. The zero-order chi connectivity index (χ0) is 20.1. The van der Waals surface area contributed by atoms with Gasteiger partial charge in [-0.2, -0.15) is 10.1 Å². The molecule has 5 nitrogen and oxygen atoms in total. The molecule has 0 radical (unpaired) electrons. The Bertz CT molecular complexity index is 1060. The minimum Gasteiger partial charge on any atom is -0.365 e. The number of hydrogen-bond donors (Lipinski definition) is 0. The Morgan fingerprint density at radius 2 is 2.00 bits per heavy atom. The van der Waals surface area contributed by atoms with E-state index in [0.29, 0.717) is 23.7 Å². The van der Waals surface area contributed by atoms with Crippen molar-refractivity contribution in [1.82, 2.24) is 24.5 Å². The van der Waals surface area contributed by atoms with Gasteiger partial charge >= 0.3 is 0 Å². The molecule has 0 saturated carbocycles. The van der Waals surface area contributed by atoms with Crippen LogP contribution in [0.2, 0.25) is 0 Å². The summed E-state index contributed by atoms with van der Waals surface area (Å²) in [5.41, 5.74) is 5.15. The second-order valence-electron chi connectivity index (χ2n) is 7.70. The van der Waals surface area contributed by atoms with Gasteiger partial charge in [-0.3, -0.25) is 0 Å². The quantitative estimate of drug-likeness (QED) is 0.682. The van der Waals surface area contributed by atoms with E-state index in [-0.39, 0.29) is 13.0 Å². The first kappa shape index (κ1) is 18.5. The Morgan fingerprint density at radius 3 is 2.75 bits per heavy atom. The van der Waals surface area contributed by atoms with Gasteiger partial charge in [-0.05, 0) is 32.4 Å². The highest BCUT2D eigenvalue weighted by Gasteiger charge is 2.42. The molecule has 146 valence electrons. The lowest BCUT2D eigenvalue weighted by atomic mass is 9.90. The van der Waals surface area contributed by atoms with Crippen LogP contribution in [-0.2, 0) is 0 Å². The maximum Gasteiger partial charge on any atom is 0.265 e. The molecule has 7 heteroatoms. The summed E-state index contributed by atoms with van der Waals surface area (Å²) in [6.45, 7) is 10.1. The maximum atomic E-state index is 14.7. The van der Waals surface area contributed by atoms with Crippen molar-refractivity contribution in [3.63, 3.8) is 0 Å². The van der Waals surface area contributed by atoms with Gasteiger partial charge in [-0.1, -0.05) is 30.3 Å². The highest BCUT2D eigenvalue weighted by Crippen LogP contribution is 2.39. The predicted molar refractivity (Wildman–Crippen MR) is 104 cm³/mol. The van der Waals surface area contributed by atoms with Gasteiger partial charge < -0.3 is 4.90 Å². The van der Waals surface area contributed by atoms with Crippen LogP contribution >= 0.6 is 0 Å². The molecule has 1 unspecified atom stereocenters. The summed E-state index contributed by atoms with van der Waals surface area (Å²) in [7, 11) is 0. The molecule has 28 heavy (non-hydrogen) atoms. The standard InChI is InChI=1S/C21H23F2N5/c1-13-5-6-18(14(2)7-13)16(4)27-10-17(9-21(22,23)11-27)19-8-15(3)26-20-24-12-25-28(19)20/h5-8,12,17H,4,9-11H2,1-3H3. The summed E-state index contributed by atoms with van der Waals surface area (Å²) in [5, 5.41) is 4.19. The third kappa shape index (κ3) is 3.37. The Morgan fingerprint density at radius 1 is 1.21 bits per heavy atom. The third-order valence-electron chi connectivity index (χ3n) is 5.31. The van der Waals surface area contributed by atoms with E-state index in [4.69, 9.17) is 0 Å². The van der Waals surface area contributed by atoms with Crippen molar-refractivity contribution in [2.24, 2.45) is 0 Å². The van der Waals surface area contributed by atoms with Crippen LogP contribution in [0, 0.1) is 20.8 Å². The minimum atomic E-state index is -2.82. The maximum absolute atomic E-state index is 14.7. The van der Waals surface area contributed by atoms with Crippen molar-refractivity contribution < 1.29 is 8.78 Å². The second kappa shape index (κ2) is 6.65. The molecule has 1 aromatic carbocycles. The van der Waals surface area contributed by atoms with E-state index in [1.807, 2.05) is 45.0 Å². The molecule has 2 aromatic heterocycles. The van der Waals surface area contributed by atoms with Crippen molar-refractivity contribution in [2.45, 2.75) is 39.0 Å². The van der Waals surface area contributed by atoms with Crippen molar-refractivity contribution in [2.75, 3.05) is 13.1 Å². The monoisotopic (exact) mass is 383 g/mol. The number of hydrogen-bond acceptors (Lipinski definition) is 4. The number of alkyl halides is 2. The molecule has 0 spiro atoms. The van der Waals surface area contributed by atoms with E-state index in [1.165, 1.54) is 6.33 Å². The summed E-state index contributed by atoms with van der Waals surface area (Å²) in [6.07, 6.45) is 1.17. The van der Waals surface area contributed by atoms with E-state index in [2.05, 4.69) is 21.6 Å². The zero-order valence-corrected chi connectivity index (χ0v) is 16.3. The molecule has 3 heterocycles. The lowest BCUT2D eigenvalue weighted by Crippen LogP contribution is -2.45. The molecule has 1 atom stereocenters. The number of aryl methyl sites for hydroxylation is 3. The average molecular weight is 383 g/mol. The molecule has 0 N–H and O–H groups in total. The van der Waals surface area contributed by atoms with Gasteiger partial charge in [0.25, 0.3) is 11.7 Å². The van der Waals surface area contributed by atoms with E-state index in [1.54, 1.807) is 9.42 Å². The van der Waals surface area contributed by atoms with Crippen molar-refractivity contribution in [3.05, 3.63) is 65.2 Å². The van der Waals surface area contributed by atoms with Crippen LogP contribution in [0.3, 0.4) is 0 Å². The predicted octanol–water partition coefficient (Wildman–Crippen LogP) is 4.15. The molecule has 0 bridgehead atoms. The molecule has 1 saturated heterocycles. The van der Waals surface area contributed by atoms with Gasteiger partial charge in [-0.15, -0.1) is 0 Å². The van der Waals surface area contributed by atoms with Gasteiger partial charge in [0.15, 0.2) is 0 Å². The number of rotatable bonds is 3. The first-order valence-corrected chi connectivity index (χ1v) is 9.30. The molecule has 1 fully saturated rings. The number of aromatic nitrogens is 4. The van der Waals surface area contributed by atoms with Crippen LogP contribution in [0.5, 0.6) is 0 Å². The molecule has 4 rings (SSSR count). The lowest BCUT2D eigenvalue weighted by Gasteiger charge is -2.40. The van der Waals surface area contributed by atoms with E-state index >= 15 is 0 Å². The molecule has 0 aliphatic carbocycles. The van der Waals surface area contributed by atoms with E-state index in [9.17, 15) is 8.78 Å². The Balaban J connectivity index is 1.71. The average Bonchev–Trinajstić information content (AvgIpc) is 3.07. The fourth-order valence-electron chi connectivity index (χ4n) is 4.06. The van der Waals surface area contributed by atoms with Crippen LogP contribution in [0.4, 0.5) is 8.78 Å². The Labute approximate surface area is 162 Å². The first-order valence-electron chi connectivity index (χ1n) is 9.30. The number of fused-ring (bicyclic) bond motifs is 1. The van der Waals surface area contributed by atoms with Crippen LogP contribution in [-0.4, -0.2) is 43.5 Å². The van der Waals surface area contributed by atoms with Crippen LogP contribution in [0.1, 0.15) is 40.4 Å². The SMILES string of the molecule is C=C(c1ccc(C)cc1C)N1CC(c2cc(C)nc3ncnn23)CC(F)(F)C1. The highest BCUT2D eigenvalue weighted by atomic mass is 19.3. The molecule has 1 aliphatic heterocycles. The second-order valence-corrected chi connectivity index (χ2v) is 7.70. The van der Waals surface area contributed by atoms with Crippen LogP contribution in [0.15, 0.2) is 37.2 Å². The number of piperidine rings is 1. The third-order valence-corrected chi connectivity index (χ3v) is 5.31.